The number of hydrogen-bond acceptors (Lipinski definition) is 6. The number of carbonyl (C=O) groups is 2. The molecule has 2 aromatic heterocycles. The van der Waals surface area contributed by atoms with Gasteiger partial charge in [-0.2, -0.15) is 0 Å². The van der Waals surface area contributed by atoms with Gasteiger partial charge in [0, 0.05) is 29.4 Å². The van der Waals surface area contributed by atoms with Crippen molar-refractivity contribution < 1.29 is 19.4 Å². The zero-order valence-corrected chi connectivity index (χ0v) is 16.4. The molecule has 1 atom stereocenters. The molecule has 6 nitrogen and oxygen atoms in total. The Kier molecular flexibility index (Phi) is 5.14. The van der Waals surface area contributed by atoms with Gasteiger partial charge in [0.2, 0.25) is 0 Å². The monoisotopic (exact) mass is 406 g/mol. The largest absolute Gasteiger partial charge is 0.507 e. The molecule has 146 valence electrons. The van der Waals surface area contributed by atoms with Crippen molar-refractivity contribution in [2.75, 3.05) is 7.11 Å². The summed E-state index contributed by atoms with van der Waals surface area (Å²) in [4.78, 5) is 32.2. The number of ketones is 1. The Bertz CT molecular complexity index is 1080. The minimum atomic E-state index is -0.701. The predicted octanol–water partition coefficient (Wildman–Crippen LogP) is 3.77. The van der Waals surface area contributed by atoms with E-state index in [4.69, 9.17) is 4.74 Å². The number of nitrogens with zero attached hydrogens (tertiary/aromatic N) is 2. The van der Waals surface area contributed by atoms with E-state index in [0.717, 1.165) is 10.4 Å². The quantitative estimate of drug-likeness (QED) is 0.396. The second-order valence-corrected chi connectivity index (χ2v) is 7.51. The van der Waals surface area contributed by atoms with Gasteiger partial charge >= 0.3 is 0 Å². The van der Waals surface area contributed by atoms with E-state index >= 15 is 0 Å². The first-order chi connectivity index (χ1) is 14.1. The van der Waals surface area contributed by atoms with E-state index in [9.17, 15) is 14.7 Å². The summed E-state index contributed by atoms with van der Waals surface area (Å²) >= 11 is 1.43. The molecule has 1 N–H and O–H groups in total. The third kappa shape index (κ3) is 3.52. The lowest BCUT2D eigenvalue weighted by atomic mass is 9.99. The van der Waals surface area contributed by atoms with Crippen LogP contribution in [0.3, 0.4) is 0 Å². The van der Waals surface area contributed by atoms with Gasteiger partial charge in [-0.1, -0.05) is 24.3 Å². The van der Waals surface area contributed by atoms with Gasteiger partial charge in [0.1, 0.15) is 11.5 Å². The highest BCUT2D eigenvalue weighted by Crippen LogP contribution is 2.42. The Balaban J connectivity index is 1.83. The summed E-state index contributed by atoms with van der Waals surface area (Å²) in [5.41, 5.74) is 1.30. The van der Waals surface area contributed by atoms with Gasteiger partial charge in [-0.3, -0.25) is 14.6 Å². The molecule has 3 heterocycles. The van der Waals surface area contributed by atoms with Crippen LogP contribution in [0, 0.1) is 0 Å². The van der Waals surface area contributed by atoms with Crippen molar-refractivity contribution in [3.8, 4) is 5.75 Å². The highest BCUT2D eigenvalue weighted by molar-refractivity contribution is 7.10. The summed E-state index contributed by atoms with van der Waals surface area (Å²) in [6.45, 7) is 0.218. The number of carbonyl (C=O) groups excluding carboxylic acids is 2. The molecule has 0 bridgehead atoms. The van der Waals surface area contributed by atoms with E-state index in [1.165, 1.54) is 23.3 Å². The molecular formula is C22H18N2O4S. The van der Waals surface area contributed by atoms with E-state index in [2.05, 4.69) is 4.98 Å². The summed E-state index contributed by atoms with van der Waals surface area (Å²) in [6, 6.07) is 13.5. The lowest BCUT2D eigenvalue weighted by Crippen LogP contribution is -2.28. The van der Waals surface area contributed by atoms with Gasteiger partial charge in [-0.25, -0.2) is 0 Å². The maximum atomic E-state index is 12.9. The smallest absolute Gasteiger partial charge is 0.295 e. The third-order valence-electron chi connectivity index (χ3n) is 4.77. The third-order valence-corrected chi connectivity index (χ3v) is 5.70. The summed E-state index contributed by atoms with van der Waals surface area (Å²) in [5, 5.41) is 12.9. The number of pyridine rings is 1. The standard InChI is InChI=1S/C22H18N2O4S/c1-28-16-7-2-6-15(11-16)20(25)18-19(17-8-4-10-29-17)24(22(27)21(18)26)13-14-5-3-9-23-12-14/h2-12,19,25H,13H2,1H3/t19-/m0/s1. The van der Waals surface area contributed by atoms with Crippen LogP contribution in [0.15, 0.2) is 71.9 Å². The average molecular weight is 406 g/mol. The van der Waals surface area contributed by atoms with E-state index in [1.807, 2.05) is 23.6 Å². The van der Waals surface area contributed by atoms with Crippen molar-refractivity contribution in [3.05, 3.63) is 87.9 Å². The number of rotatable bonds is 5. The van der Waals surface area contributed by atoms with Crippen molar-refractivity contribution in [1.29, 1.82) is 0 Å². The van der Waals surface area contributed by atoms with Crippen molar-refractivity contribution in [1.82, 2.24) is 9.88 Å². The van der Waals surface area contributed by atoms with Gasteiger partial charge in [-0.15, -0.1) is 11.3 Å². The van der Waals surface area contributed by atoms with E-state index < -0.39 is 17.7 Å². The molecule has 1 saturated heterocycles. The number of benzene rings is 1. The number of aliphatic hydroxyl groups excluding tert-OH is 1. The van der Waals surface area contributed by atoms with Crippen LogP contribution in [-0.2, 0) is 16.1 Å². The predicted molar refractivity (Wildman–Crippen MR) is 109 cm³/mol. The number of hydrogen-bond donors (Lipinski definition) is 1. The van der Waals surface area contributed by atoms with Crippen LogP contribution in [0.2, 0.25) is 0 Å². The molecular weight excluding hydrogens is 388 g/mol. The zero-order valence-electron chi connectivity index (χ0n) is 15.6. The number of likely N-dealkylation sites (tertiary alicyclic amines) is 1. The summed E-state index contributed by atoms with van der Waals surface area (Å²) < 4.78 is 5.21. The number of amides is 1. The fraction of sp³-hybridized carbons (Fsp3) is 0.136. The lowest BCUT2D eigenvalue weighted by Gasteiger charge is -2.24. The molecule has 0 spiro atoms. The Morgan fingerprint density at radius 3 is 2.76 bits per heavy atom. The molecule has 0 unspecified atom stereocenters. The molecule has 7 heteroatoms. The van der Waals surface area contributed by atoms with Crippen molar-refractivity contribution >= 4 is 28.8 Å². The van der Waals surface area contributed by atoms with Gasteiger partial charge in [0.25, 0.3) is 11.7 Å². The van der Waals surface area contributed by atoms with Crippen LogP contribution in [0.5, 0.6) is 5.75 Å². The van der Waals surface area contributed by atoms with E-state index in [0.29, 0.717) is 11.3 Å². The van der Waals surface area contributed by atoms with Crippen molar-refractivity contribution in [2.45, 2.75) is 12.6 Å². The zero-order chi connectivity index (χ0) is 20.4. The van der Waals surface area contributed by atoms with Gasteiger partial charge in [0.05, 0.1) is 18.7 Å². The van der Waals surface area contributed by atoms with Crippen LogP contribution in [0.4, 0.5) is 0 Å². The Morgan fingerprint density at radius 1 is 1.21 bits per heavy atom. The minimum absolute atomic E-state index is 0.0783. The first-order valence-electron chi connectivity index (χ1n) is 8.95. The Morgan fingerprint density at radius 2 is 2.07 bits per heavy atom. The maximum Gasteiger partial charge on any atom is 0.295 e. The van der Waals surface area contributed by atoms with Crippen molar-refractivity contribution in [2.24, 2.45) is 0 Å². The van der Waals surface area contributed by atoms with E-state index in [1.54, 1.807) is 42.7 Å². The lowest BCUT2D eigenvalue weighted by molar-refractivity contribution is -0.140. The average Bonchev–Trinajstić information content (AvgIpc) is 3.37. The van der Waals surface area contributed by atoms with Gasteiger partial charge < -0.3 is 14.7 Å². The maximum absolute atomic E-state index is 12.9. The molecule has 1 aliphatic heterocycles. The topological polar surface area (TPSA) is 79.7 Å². The van der Waals surface area contributed by atoms with Crippen LogP contribution >= 0.6 is 11.3 Å². The molecule has 1 fully saturated rings. The fourth-order valence-electron chi connectivity index (χ4n) is 3.40. The highest BCUT2D eigenvalue weighted by Gasteiger charge is 2.46. The van der Waals surface area contributed by atoms with Crippen LogP contribution in [-0.4, -0.2) is 33.8 Å². The SMILES string of the molecule is COc1cccc(C(O)=C2C(=O)C(=O)N(Cc3cccnc3)[C@H]2c2cccs2)c1. The fourth-order valence-corrected chi connectivity index (χ4v) is 4.25. The number of aromatic nitrogens is 1. The molecule has 29 heavy (non-hydrogen) atoms. The van der Waals surface area contributed by atoms with Crippen LogP contribution in [0.1, 0.15) is 22.0 Å². The number of ether oxygens (including phenoxy) is 1. The number of aliphatic hydroxyl groups is 1. The molecule has 0 aliphatic carbocycles. The first-order valence-corrected chi connectivity index (χ1v) is 9.83. The summed E-state index contributed by atoms with van der Waals surface area (Å²) in [5.74, 6) is -1.01. The number of Topliss-reactive ketones (excluding diaryl/α,β-unsaturated/α-hetero) is 1. The number of methoxy groups -OCH3 is 1. The molecule has 4 rings (SSSR count). The first kappa shape index (κ1) is 18.9. The normalized spacial score (nSPS) is 18.2. The minimum Gasteiger partial charge on any atom is -0.507 e. The van der Waals surface area contributed by atoms with Gasteiger partial charge in [0.15, 0.2) is 0 Å². The highest BCUT2D eigenvalue weighted by atomic mass is 32.1. The van der Waals surface area contributed by atoms with Crippen LogP contribution < -0.4 is 4.74 Å². The summed E-state index contributed by atoms with van der Waals surface area (Å²) in [6.07, 6.45) is 3.31. The molecule has 1 aliphatic rings. The molecule has 3 aromatic rings. The molecule has 0 saturated carbocycles. The molecule has 1 aromatic carbocycles. The Hall–Kier alpha value is -3.45. The van der Waals surface area contributed by atoms with Gasteiger partial charge in [-0.05, 0) is 35.2 Å². The molecule has 1 amide bonds. The Labute approximate surface area is 171 Å². The van der Waals surface area contributed by atoms with E-state index in [-0.39, 0.29) is 17.9 Å². The van der Waals surface area contributed by atoms with Crippen molar-refractivity contribution in [3.63, 3.8) is 0 Å². The number of thiophene rings is 1. The van der Waals surface area contributed by atoms with Crippen LogP contribution in [0.25, 0.3) is 5.76 Å². The second kappa shape index (κ2) is 7.89. The summed E-state index contributed by atoms with van der Waals surface area (Å²) in [7, 11) is 1.53. The second-order valence-electron chi connectivity index (χ2n) is 6.54. The molecule has 0 radical (unpaired) electrons.